The first-order valence-electron chi connectivity index (χ1n) is 13.1. The molecule has 11 heteroatoms. The number of hydrogen-bond donors (Lipinski definition) is 3. The molecule has 3 heterocycles. The van der Waals surface area contributed by atoms with Gasteiger partial charge in [-0.1, -0.05) is 12.1 Å². The van der Waals surface area contributed by atoms with Crippen LogP contribution in [0.15, 0.2) is 36.0 Å². The fraction of sp³-hybridized carbons (Fsp3) is 0.414. The summed E-state index contributed by atoms with van der Waals surface area (Å²) in [6.45, 7) is 3.38. The second-order valence-electron chi connectivity index (χ2n) is 10.5. The van der Waals surface area contributed by atoms with E-state index < -0.39 is 54.4 Å². The van der Waals surface area contributed by atoms with Crippen molar-refractivity contribution in [3.05, 3.63) is 63.8 Å². The number of nitrogens with zero attached hydrogens (tertiary/aromatic N) is 1. The van der Waals surface area contributed by atoms with Gasteiger partial charge >= 0.3 is 5.97 Å². The monoisotopic (exact) mass is 567 g/mol. The van der Waals surface area contributed by atoms with E-state index in [2.05, 4.69) is 0 Å². The summed E-state index contributed by atoms with van der Waals surface area (Å²) in [6, 6.07) is 7.09. The van der Waals surface area contributed by atoms with Crippen molar-refractivity contribution in [3.8, 4) is 11.5 Å². The molecule has 0 aromatic heterocycles. The van der Waals surface area contributed by atoms with Crippen molar-refractivity contribution in [2.45, 2.75) is 63.6 Å². The van der Waals surface area contributed by atoms with E-state index in [1.807, 2.05) is 6.26 Å². The third-order valence-electron chi connectivity index (χ3n) is 7.86. The molecule has 1 unspecified atom stereocenters. The second-order valence-corrected chi connectivity index (χ2v) is 11.5. The third kappa shape index (κ3) is 4.02. The number of carbonyl (C=O) groups excluding carboxylic acids is 3. The van der Waals surface area contributed by atoms with Crippen LogP contribution in [0.5, 0.6) is 11.5 Å². The first-order chi connectivity index (χ1) is 19.1. The van der Waals surface area contributed by atoms with Crippen LogP contribution in [0.4, 0.5) is 0 Å². The summed E-state index contributed by atoms with van der Waals surface area (Å²) in [5, 5.41) is 31.3. The molecule has 40 heavy (non-hydrogen) atoms. The minimum atomic E-state index is -1.09. The Labute approximate surface area is 234 Å². The highest BCUT2D eigenvalue weighted by Gasteiger charge is 2.53. The van der Waals surface area contributed by atoms with Gasteiger partial charge in [0.25, 0.3) is 0 Å². The Morgan fingerprint density at radius 3 is 2.62 bits per heavy atom. The van der Waals surface area contributed by atoms with Gasteiger partial charge in [-0.25, -0.2) is 4.79 Å². The van der Waals surface area contributed by atoms with Gasteiger partial charge in [-0.15, -0.1) is 0 Å². The first kappa shape index (κ1) is 26.8. The summed E-state index contributed by atoms with van der Waals surface area (Å²) in [5.41, 5.74) is 1.43. The highest BCUT2D eigenvalue weighted by atomic mass is 32.2. The molecule has 3 N–H and O–H groups in total. The van der Waals surface area contributed by atoms with E-state index in [1.165, 1.54) is 18.2 Å². The molecule has 2 saturated heterocycles. The van der Waals surface area contributed by atoms with Crippen LogP contribution < -0.4 is 4.74 Å². The van der Waals surface area contributed by atoms with Crippen LogP contribution in [0.1, 0.15) is 63.4 Å². The highest BCUT2D eigenvalue weighted by Crippen LogP contribution is 2.52. The fourth-order valence-electron chi connectivity index (χ4n) is 6.00. The molecule has 2 aromatic carbocycles. The van der Waals surface area contributed by atoms with E-state index in [0.717, 1.165) is 0 Å². The molecule has 6 rings (SSSR count). The maximum Gasteiger partial charge on any atom is 0.331 e. The number of aromatic hydroxyl groups is 1. The van der Waals surface area contributed by atoms with Gasteiger partial charge in [0.1, 0.15) is 29.3 Å². The lowest BCUT2D eigenvalue weighted by Gasteiger charge is -2.39. The van der Waals surface area contributed by atoms with Crippen molar-refractivity contribution in [2.24, 2.45) is 0 Å². The zero-order valence-corrected chi connectivity index (χ0v) is 22.9. The Bertz CT molecular complexity index is 1460. The largest absolute Gasteiger partial charge is 0.507 e. The number of allylic oxidation sites excluding steroid dienone is 2. The molecule has 3 aliphatic heterocycles. The SMILES string of the molecule is CSCC[C@H]1C(=O)OC2c3cc(C)cc(O)c3C3=C(C(=O)c4c(O[C@H]5C[C@@H](O)[C@@H](O)[C@H](C)O5)cccc4C3=O)N21. The summed E-state index contributed by atoms with van der Waals surface area (Å²) >= 11 is 1.55. The summed E-state index contributed by atoms with van der Waals surface area (Å²) in [4.78, 5) is 43.2. The number of aliphatic hydroxyl groups excluding tert-OH is 2. The number of ketones is 2. The molecule has 2 fully saturated rings. The maximum absolute atomic E-state index is 14.4. The summed E-state index contributed by atoms with van der Waals surface area (Å²) < 4.78 is 17.5. The van der Waals surface area contributed by atoms with Gasteiger partial charge in [0.15, 0.2) is 5.78 Å². The van der Waals surface area contributed by atoms with E-state index >= 15 is 0 Å². The van der Waals surface area contributed by atoms with Crippen molar-refractivity contribution in [3.63, 3.8) is 0 Å². The molecule has 210 valence electrons. The fourth-order valence-corrected chi connectivity index (χ4v) is 6.46. The van der Waals surface area contributed by atoms with Crippen LogP contribution in [0.25, 0.3) is 5.57 Å². The molecule has 0 spiro atoms. The molecular formula is C29H29NO9S. The second kappa shape index (κ2) is 9.91. The van der Waals surface area contributed by atoms with Gasteiger partial charge in [0.2, 0.25) is 18.3 Å². The van der Waals surface area contributed by atoms with Gasteiger partial charge in [0, 0.05) is 23.1 Å². The molecule has 0 bridgehead atoms. The van der Waals surface area contributed by atoms with E-state index in [-0.39, 0.29) is 45.9 Å². The van der Waals surface area contributed by atoms with Gasteiger partial charge in [-0.2, -0.15) is 11.8 Å². The molecule has 1 aliphatic carbocycles. The lowest BCUT2D eigenvalue weighted by atomic mass is 9.78. The Morgan fingerprint density at radius 2 is 1.90 bits per heavy atom. The molecule has 0 amide bonds. The molecule has 2 aromatic rings. The number of esters is 1. The summed E-state index contributed by atoms with van der Waals surface area (Å²) in [7, 11) is 0. The summed E-state index contributed by atoms with van der Waals surface area (Å²) in [5.74, 6) is -1.04. The average Bonchev–Trinajstić information content (AvgIpc) is 3.24. The number of hydrogen-bond acceptors (Lipinski definition) is 11. The van der Waals surface area contributed by atoms with E-state index in [0.29, 0.717) is 23.3 Å². The smallest absolute Gasteiger partial charge is 0.331 e. The number of fused-ring (bicyclic) bond motifs is 6. The van der Waals surface area contributed by atoms with Gasteiger partial charge in [-0.05, 0) is 56.0 Å². The van der Waals surface area contributed by atoms with Crippen LogP contribution in [0.2, 0.25) is 0 Å². The summed E-state index contributed by atoms with van der Waals surface area (Å²) in [6.07, 6.45) is -2.59. The maximum atomic E-state index is 14.4. The Morgan fingerprint density at radius 1 is 1.12 bits per heavy atom. The quantitative estimate of drug-likeness (QED) is 0.459. The molecule has 0 saturated carbocycles. The standard InChI is InChI=1S/C29H29NO9S/c1-12-9-15-21(17(31)10-12)23-24(30-16(7-8-40-3)29(36)39-28(15)30)27(35)22-14(26(23)34)5-4-6-19(22)38-20-11-18(32)25(33)13(2)37-20/h4-6,9-10,13,16,18,20,25,28,31-33H,7-8,11H2,1-3H3/t13-,16-,18+,20-,25-,28?/m0/s1. The highest BCUT2D eigenvalue weighted by molar-refractivity contribution is 7.98. The van der Waals surface area contributed by atoms with Crippen LogP contribution >= 0.6 is 11.8 Å². The minimum Gasteiger partial charge on any atom is -0.507 e. The minimum absolute atomic E-state index is 0.000109. The van der Waals surface area contributed by atoms with Crippen molar-refractivity contribution in [1.29, 1.82) is 0 Å². The first-order valence-corrected chi connectivity index (χ1v) is 14.5. The Balaban J connectivity index is 1.50. The van der Waals surface area contributed by atoms with Crippen LogP contribution in [0.3, 0.4) is 0 Å². The Kier molecular flexibility index (Phi) is 6.65. The number of phenolic OH excluding ortho intramolecular Hbond substituents is 1. The zero-order chi connectivity index (χ0) is 28.5. The predicted molar refractivity (Wildman–Crippen MR) is 144 cm³/mol. The van der Waals surface area contributed by atoms with E-state index in [1.54, 1.807) is 42.6 Å². The van der Waals surface area contributed by atoms with Crippen LogP contribution in [0, 0.1) is 6.92 Å². The van der Waals surface area contributed by atoms with Crippen LogP contribution in [-0.2, 0) is 14.3 Å². The predicted octanol–water partition coefficient (Wildman–Crippen LogP) is 2.72. The van der Waals surface area contributed by atoms with Crippen molar-refractivity contribution in [2.75, 3.05) is 12.0 Å². The molecule has 6 atom stereocenters. The molecule has 4 aliphatic rings. The number of Topliss-reactive ketones (excluding diaryl/α,β-unsaturated/α-hetero) is 2. The van der Waals surface area contributed by atoms with Gasteiger partial charge in [0.05, 0.1) is 23.3 Å². The van der Waals surface area contributed by atoms with E-state index in [9.17, 15) is 29.7 Å². The number of thioether (sulfide) groups is 1. The van der Waals surface area contributed by atoms with Gasteiger partial charge < -0.3 is 34.4 Å². The van der Waals surface area contributed by atoms with Crippen LogP contribution in [-0.4, -0.2) is 80.4 Å². The normalized spacial score (nSPS) is 29.0. The lowest BCUT2D eigenvalue weighted by molar-refractivity contribution is -0.216. The molecule has 10 nitrogen and oxygen atoms in total. The number of rotatable bonds is 5. The van der Waals surface area contributed by atoms with Gasteiger partial charge in [-0.3, -0.25) is 9.59 Å². The molecular weight excluding hydrogens is 538 g/mol. The Hall–Kier alpha value is -3.38. The number of aryl methyl sites for hydroxylation is 1. The number of ether oxygens (including phenoxy) is 3. The topological polar surface area (TPSA) is 143 Å². The van der Waals surface area contributed by atoms with Crippen molar-refractivity contribution >= 4 is 34.9 Å². The number of aliphatic hydroxyl groups is 2. The van der Waals surface area contributed by atoms with Crippen molar-refractivity contribution in [1.82, 2.24) is 4.90 Å². The number of carbonyl (C=O) groups is 3. The third-order valence-corrected chi connectivity index (χ3v) is 8.51. The molecule has 0 radical (unpaired) electrons. The van der Waals surface area contributed by atoms with E-state index in [4.69, 9.17) is 14.2 Å². The average molecular weight is 568 g/mol. The number of benzene rings is 2. The zero-order valence-electron chi connectivity index (χ0n) is 22.1. The number of phenols is 1. The lowest BCUT2D eigenvalue weighted by Crippen LogP contribution is -2.48. The van der Waals surface area contributed by atoms with Crippen molar-refractivity contribution < 1.29 is 43.9 Å².